The van der Waals surface area contributed by atoms with Gasteiger partial charge in [0.15, 0.2) is 0 Å². The number of hydrogen-bond acceptors (Lipinski definition) is 5. The monoisotopic (exact) mass is 432 g/mol. The Labute approximate surface area is 191 Å². The van der Waals surface area contributed by atoms with Crippen LogP contribution in [0.15, 0.2) is 114 Å². The number of aromatic nitrogens is 3. The molecule has 0 aliphatic carbocycles. The van der Waals surface area contributed by atoms with Gasteiger partial charge in [-0.15, -0.1) is 0 Å². The second-order valence-corrected chi connectivity index (χ2v) is 7.45. The Bertz CT molecular complexity index is 1310. The Hall–Kier alpha value is -4.58. The summed E-state index contributed by atoms with van der Waals surface area (Å²) in [5, 5.41) is 7.17. The van der Waals surface area contributed by atoms with Crippen LogP contribution in [0.5, 0.6) is 0 Å². The minimum absolute atomic E-state index is 0.145. The minimum Gasteiger partial charge on any atom is -0.334 e. The van der Waals surface area contributed by atoms with E-state index in [1.54, 1.807) is 12.4 Å². The van der Waals surface area contributed by atoms with Gasteiger partial charge in [-0.25, -0.2) is 0 Å². The third-order valence-electron chi connectivity index (χ3n) is 5.31. The Kier molecular flexibility index (Phi) is 5.72. The lowest BCUT2D eigenvalue weighted by Crippen LogP contribution is -2.22. The van der Waals surface area contributed by atoms with Crippen LogP contribution in [0.3, 0.4) is 0 Å². The van der Waals surface area contributed by atoms with Gasteiger partial charge in [-0.2, -0.15) is 4.98 Å². The molecule has 2 heterocycles. The van der Waals surface area contributed by atoms with E-state index < -0.39 is 5.92 Å². The molecule has 0 spiro atoms. The van der Waals surface area contributed by atoms with Crippen molar-refractivity contribution in [3.05, 3.63) is 121 Å². The first-order valence-corrected chi connectivity index (χ1v) is 10.5. The Morgan fingerprint density at radius 3 is 2.03 bits per heavy atom. The highest BCUT2D eigenvalue weighted by Crippen LogP contribution is 2.31. The quantitative estimate of drug-likeness (QED) is 0.379. The average molecular weight is 432 g/mol. The average Bonchev–Trinajstić information content (AvgIpc) is 3.37. The number of anilines is 1. The molecule has 0 unspecified atom stereocenters. The van der Waals surface area contributed by atoms with E-state index in [0.29, 0.717) is 23.0 Å². The molecule has 0 saturated carbocycles. The molecule has 160 valence electrons. The SMILES string of the molecule is O=C(Nc1ccccc1-c1nc(-c2ccncc2)no1)C(c1ccccc1)c1ccccc1. The predicted molar refractivity (Wildman–Crippen MR) is 126 cm³/mol. The van der Waals surface area contributed by atoms with Crippen LogP contribution in [-0.4, -0.2) is 21.0 Å². The van der Waals surface area contributed by atoms with Gasteiger partial charge in [0.05, 0.1) is 17.2 Å². The van der Waals surface area contributed by atoms with Crippen LogP contribution in [0.1, 0.15) is 17.0 Å². The Morgan fingerprint density at radius 2 is 1.36 bits per heavy atom. The lowest BCUT2D eigenvalue weighted by atomic mass is 9.90. The number of nitrogens with one attached hydrogen (secondary N) is 1. The van der Waals surface area contributed by atoms with Gasteiger partial charge in [0.25, 0.3) is 5.89 Å². The third kappa shape index (κ3) is 4.41. The van der Waals surface area contributed by atoms with Crippen LogP contribution in [0.25, 0.3) is 22.8 Å². The molecule has 1 amide bonds. The van der Waals surface area contributed by atoms with Crippen LogP contribution in [0, 0.1) is 0 Å². The summed E-state index contributed by atoms with van der Waals surface area (Å²) >= 11 is 0. The zero-order valence-electron chi connectivity index (χ0n) is 17.6. The molecule has 1 N–H and O–H groups in total. The van der Waals surface area contributed by atoms with E-state index in [-0.39, 0.29) is 5.91 Å². The summed E-state index contributed by atoms with van der Waals surface area (Å²) in [5.41, 5.74) is 3.88. The molecule has 0 radical (unpaired) electrons. The summed E-state index contributed by atoms with van der Waals surface area (Å²) in [6.45, 7) is 0. The molecular formula is C27H20N4O2. The van der Waals surface area contributed by atoms with E-state index in [2.05, 4.69) is 20.4 Å². The number of carbonyl (C=O) groups excluding carboxylic acids is 1. The Balaban J connectivity index is 1.47. The number of rotatable bonds is 6. The van der Waals surface area contributed by atoms with Gasteiger partial charge in [0, 0.05) is 18.0 Å². The molecule has 6 heteroatoms. The van der Waals surface area contributed by atoms with Crippen molar-refractivity contribution in [2.45, 2.75) is 5.92 Å². The molecule has 3 aromatic carbocycles. The number of hydrogen-bond donors (Lipinski definition) is 1. The maximum atomic E-state index is 13.5. The lowest BCUT2D eigenvalue weighted by Gasteiger charge is -2.18. The molecule has 2 aromatic heterocycles. The van der Waals surface area contributed by atoms with Crippen LogP contribution in [-0.2, 0) is 4.79 Å². The topological polar surface area (TPSA) is 80.9 Å². The molecule has 0 fully saturated rings. The van der Waals surface area contributed by atoms with Crippen molar-refractivity contribution in [3.63, 3.8) is 0 Å². The van der Waals surface area contributed by atoms with Crippen LogP contribution < -0.4 is 5.32 Å². The minimum atomic E-state index is -0.462. The van der Waals surface area contributed by atoms with Gasteiger partial charge in [-0.1, -0.05) is 78.0 Å². The number of nitrogens with zero attached hydrogens (tertiary/aromatic N) is 3. The molecule has 0 aliphatic rings. The molecule has 5 aromatic rings. The van der Waals surface area contributed by atoms with Crippen molar-refractivity contribution >= 4 is 11.6 Å². The summed E-state index contributed by atoms with van der Waals surface area (Å²) < 4.78 is 5.52. The first-order chi connectivity index (χ1) is 16.3. The van der Waals surface area contributed by atoms with Crippen molar-refractivity contribution in [3.8, 4) is 22.8 Å². The highest BCUT2D eigenvalue weighted by molar-refractivity contribution is 6.00. The number of amides is 1. The molecule has 0 aliphatic heterocycles. The second kappa shape index (κ2) is 9.28. The van der Waals surface area contributed by atoms with Gasteiger partial charge in [0.1, 0.15) is 0 Å². The first kappa shape index (κ1) is 20.3. The third-order valence-corrected chi connectivity index (χ3v) is 5.31. The highest BCUT2D eigenvalue weighted by atomic mass is 16.5. The zero-order valence-corrected chi connectivity index (χ0v) is 17.6. The number of pyridine rings is 1. The maximum Gasteiger partial charge on any atom is 0.260 e. The van der Waals surface area contributed by atoms with Crippen molar-refractivity contribution in [1.82, 2.24) is 15.1 Å². The van der Waals surface area contributed by atoms with E-state index in [4.69, 9.17) is 4.52 Å². The van der Waals surface area contributed by atoms with Gasteiger partial charge in [-0.05, 0) is 35.4 Å². The zero-order chi connectivity index (χ0) is 22.5. The molecular weight excluding hydrogens is 412 g/mol. The standard InChI is InChI=1S/C27H20N4O2/c32-26(24(19-9-3-1-4-10-19)20-11-5-2-6-12-20)29-23-14-8-7-13-22(23)27-30-25(31-33-27)21-15-17-28-18-16-21/h1-18,24H,(H,29,32). The second-order valence-electron chi connectivity index (χ2n) is 7.45. The van der Waals surface area contributed by atoms with Gasteiger partial charge < -0.3 is 9.84 Å². The summed E-state index contributed by atoms with van der Waals surface area (Å²) in [7, 11) is 0. The van der Waals surface area contributed by atoms with Crippen molar-refractivity contribution in [2.75, 3.05) is 5.32 Å². The van der Waals surface area contributed by atoms with Crippen LogP contribution in [0.2, 0.25) is 0 Å². The van der Waals surface area contributed by atoms with Gasteiger partial charge >= 0.3 is 0 Å². The summed E-state index contributed by atoms with van der Waals surface area (Å²) in [6, 6.07) is 30.5. The molecule has 5 rings (SSSR count). The molecule has 0 atom stereocenters. The highest BCUT2D eigenvalue weighted by Gasteiger charge is 2.24. The van der Waals surface area contributed by atoms with E-state index in [9.17, 15) is 4.79 Å². The maximum absolute atomic E-state index is 13.5. The fraction of sp³-hybridized carbons (Fsp3) is 0.0370. The molecule has 6 nitrogen and oxygen atoms in total. The van der Waals surface area contributed by atoms with E-state index in [1.165, 1.54) is 0 Å². The van der Waals surface area contributed by atoms with E-state index in [0.717, 1.165) is 16.7 Å². The molecule has 0 bridgehead atoms. The van der Waals surface area contributed by atoms with E-state index >= 15 is 0 Å². The fourth-order valence-corrected chi connectivity index (χ4v) is 3.72. The first-order valence-electron chi connectivity index (χ1n) is 10.5. The van der Waals surface area contributed by atoms with Crippen molar-refractivity contribution < 1.29 is 9.32 Å². The molecule has 33 heavy (non-hydrogen) atoms. The van der Waals surface area contributed by atoms with Gasteiger partial charge in [0.2, 0.25) is 11.7 Å². The lowest BCUT2D eigenvalue weighted by molar-refractivity contribution is -0.116. The van der Waals surface area contributed by atoms with Crippen molar-refractivity contribution in [1.29, 1.82) is 0 Å². The summed E-state index contributed by atoms with van der Waals surface area (Å²) in [6.07, 6.45) is 3.35. The van der Waals surface area contributed by atoms with Crippen molar-refractivity contribution in [2.24, 2.45) is 0 Å². The fourth-order valence-electron chi connectivity index (χ4n) is 3.72. The predicted octanol–water partition coefficient (Wildman–Crippen LogP) is 5.57. The van der Waals surface area contributed by atoms with E-state index in [1.807, 2.05) is 97.1 Å². The smallest absolute Gasteiger partial charge is 0.260 e. The van der Waals surface area contributed by atoms with Gasteiger partial charge in [-0.3, -0.25) is 9.78 Å². The summed E-state index contributed by atoms with van der Waals surface area (Å²) in [5.74, 6) is 0.179. The largest absolute Gasteiger partial charge is 0.334 e. The number of carbonyl (C=O) groups is 1. The number of benzene rings is 3. The Morgan fingerprint density at radius 1 is 0.758 bits per heavy atom. The normalized spacial score (nSPS) is 10.8. The van der Waals surface area contributed by atoms with Crippen LogP contribution in [0.4, 0.5) is 5.69 Å². The molecule has 0 saturated heterocycles. The number of para-hydroxylation sites is 1. The van der Waals surface area contributed by atoms with Crippen LogP contribution >= 0.6 is 0 Å². The summed E-state index contributed by atoms with van der Waals surface area (Å²) in [4.78, 5) is 22.1.